The lowest BCUT2D eigenvalue weighted by atomic mass is 10.1. The van der Waals surface area contributed by atoms with Gasteiger partial charge in [0.25, 0.3) is 0 Å². The van der Waals surface area contributed by atoms with Gasteiger partial charge in [-0.2, -0.15) is 0 Å². The van der Waals surface area contributed by atoms with Crippen LogP contribution in [0.1, 0.15) is 10.4 Å². The van der Waals surface area contributed by atoms with Gasteiger partial charge < -0.3 is 0 Å². The molecule has 2 aromatic rings. The Balaban J connectivity index is 2.30. The predicted octanol–water partition coefficient (Wildman–Crippen LogP) is 3.33. The number of nitrogens with zero attached hydrogens (tertiary/aromatic N) is 1. The molecule has 2 rings (SSSR count). The highest BCUT2D eigenvalue weighted by Crippen LogP contribution is 2.17. The molecule has 0 amide bonds. The summed E-state index contributed by atoms with van der Waals surface area (Å²) >= 11 is 3.15. The van der Waals surface area contributed by atoms with E-state index in [-0.39, 0.29) is 5.78 Å². The Bertz CT molecular complexity index is 479. The topological polar surface area (TPSA) is 30.0 Å². The average molecular weight is 276 g/mol. The summed E-state index contributed by atoms with van der Waals surface area (Å²) in [5, 5.41) is 0.357. The smallest absolute Gasteiger partial charge is 0.173 e. The van der Waals surface area contributed by atoms with Crippen molar-refractivity contribution in [2.75, 3.05) is 5.33 Å². The van der Waals surface area contributed by atoms with E-state index in [2.05, 4.69) is 20.9 Å². The van der Waals surface area contributed by atoms with Crippen LogP contribution >= 0.6 is 15.9 Å². The Labute approximate surface area is 102 Å². The first-order chi connectivity index (χ1) is 7.81. The lowest BCUT2D eigenvalue weighted by molar-refractivity contribution is 0.102. The summed E-state index contributed by atoms with van der Waals surface area (Å²) < 4.78 is 0. The first-order valence-electron chi connectivity index (χ1n) is 4.92. The van der Waals surface area contributed by atoms with Crippen LogP contribution in [0, 0.1) is 0 Å². The summed E-state index contributed by atoms with van der Waals surface area (Å²) in [5.74, 6) is 0.0903. The van der Waals surface area contributed by atoms with E-state index in [9.17, 15) is 4.79 Å². The molecule has 0 spiro atoms. The average Bonchev–Trinajstić information content (AvgIpc) is 2.39. The molecule has 0 N–H and O–H groups in total. The van der Waals surface area contributed by atoms with Gasteiger partial charge in [0.1, 0.15) is 0 Å². The van der Waals surface area contributed by atoms with Crippen molar-refractivity contribution >= 4 is 21.7 Å². The van der Waals surface area contributed by atoms with Gasteiger partial charge in [0.2, 0.25) is 0 Å². The summed E-state index contributed by atoms with van der Waals surface area (Å²) in [4.78, 5) is 15.6. The van der Waals surface area contributed by atoms with E-state index in [0.29, 0.717) is 5.33 Å². The van der Waals surface area contributed by atoms with Crippen LogP contribution in [0.15, 0.2) is 48.7 Å². The van der Waals surface area contributed by atoms with Crippen LogP contribution in [0.3, 0.4) is 0 Å². The number of carbonyl (C=O) groups is 1. The maximum absolute atomic E-state index is 11.4. The molecule has 1 aromatic carbocycles. The number of benzene rings is 1. The van der Waals surface area contributed by atoms with Gasteiger partial charge in [0.05, 0.1) is 11.0 Å². The van der Waals surface area contributed by atoms with Crippen molar-refractivity contribution in [3.8, 4) is 11.3 Å². The van der Waals surface area contributed by atoms with Crippen molar-refractivity contribution in [1.29, 1.82) is 0 Å². The summed E-state index contributed by atoms with van der Waals surface area (Å²) in [7, 11) is 0. The number of carbonyl (C=O) groups excluding carboxylic acids is 1. The molecule has 0 aliphatic carbocycles. The third kappa shape index (κ3) is 2.36. The second-order valence-electron chi connectivity index (χ2n) is 3.35. The van der Waals surface area contributed by atoms with Crippen LogP contribution in [-0.2, 0) is 0 Å². The fourth-order valence-electron chi connectivity index (χ4n) is 1.44. The number of alkyl halides is 1. The van der Waals surface area contributed by atoms with Gasteiger partial charge in [-0.25, -0.2) is 0 Å². The fraction of sp³-hybridized carbons (Fsp3) is 0.0769. The number of rotatable bonds is 3. The number of hydrogen-bond donors (Lipinski definition) is 0. The minimum Gasteiger partial charge on any atom is -0.293 e. The Morgan fingerprint density at radius 2 is 1.88 bits per heavy atom. The number of Topliss-reactive ketones (excluding diaryl/α,β-unsaturated/α-hetero) is 1. The number of ketones is 1. The number of aromatic nitrogens is 1. The third-order valence-corrected chi connectivity index (χ3v) is 2.80. The molecule has 1 heterocycles. The summed E-state index contributed by atoms with van der Waals surface area (Å²) in [5.41, 5.74) is 2.66. The highest BCUT2D eigenvalue weighted by Gasteiger charge is 2.04. The SMILES string of the molecule is O=C(CBr)c1ccc(-c2ccccn2)cc1. The summed E-state index contributed by atoms with van der Waals surface area (Å²) in [6.07, 6.45) is 1.76. The first-order valence-corrected chi connectivity index (χ1v) is 6.04. The zero-order chi connectivity index (χ0) is 11.4. The molecule has 0 atom stereocenters. The lowest BCUT2D eigenvalue weighted by Crippen LogP contribution is -1.99. The Morgan fingerprint density at radius 1 is 1.12 bits per heavy atom. The van der Waals surface area contributed by atoms with Gasteiger partial charge in [-0.1, -0.05) is 46.3 Å². The first kappa shape index (κ1) is 11.0. The molecule has 0 saturated carbocycles. The molecule has 0 fully saturated rings. The van der Waals surface area contributed by atoms with Crippen LogP contribution in [0.5, 0.6) is 0 Å². The van der Waals surface area contributed by atoms with E-state index in [1.807, 2.05) is 42.5 Å². The zero-order valence-corrected chi connectivity index (χ0v) is 10.1. The van der Waals surface area contributed by atoms with Crippen LogP contribution in [0.2, 0.25) is 0 Å². The fourth-order valence-corrected chi connectivity index (χ4v) is 1.76. The quantitative estimate of drug-likeness (QED) is 0.635. The highest BCUT2D eigenvalue weighted by atomic mass is 79.9. The maximum atomic E-state index is 11.4. The van der Waals surface area contributed by atoms with Crippen LogP contribution in [0.4, 0.5) is 0 Å². The van der Waals surface area contributed by atoms with Crippen molar-refractivity contribution in [2.24, 2.45) is 0 Å². The summed E-state index contributed by atoms with van der Waals surface area (Å²) in [6.45, 7) is 0. The molecule has 1 aromatic heterocycles. The molecule has 2 nitrogen and oxygen atoms in total. The molecular weight excluding hydrogens is 266 g/mol. The normalized spacial score (nSPS) is 10.1. The molecule has 0 aliphatic heterocycles. The predicted molar refractivity (Wildman–Crippen MR) is 67.8 cm³/mol. The second kappa shape index (κ2) is 5.03. The van der Waals surface area contributed by atoms with E-state index >= 15 is 0 Å². The van der Waals surface area contributed by atoms with E-state index in [4.69, 9.17) is 0 Å². The summed E-state index contributed by atoms with van der Waals surface area (Å²) in [6, 6.07) is 13.3. The highest BCUT2D eigenvalue weighted by molar-refractivity contribution is 9.09. The van der Waals surface area contributed by atoms with E-state index < -0.39 is 0 Å². The minimum atomic E-state index is 0.0903. The molecule has 0 aliphatic rings. The number of halogens is 1. The molecular formula is C13H10BrNO. The van der Waals surface area contributed by atoms with Gasteiger partial charge in [-0.3, -0.25) is 9.78 Å². The van der Waals surface area contributed by atoms with Gasteiger partial charge in [0, 0.05) is 17.3 Å². The number of pyridine rings is 1. The molecule has 16 heavy (non-hydrogen) atoms. The van der Waals surface area contributed by atoms with Gasteiger partial charge in [-0.05, 0) is 12.1 Å². The molecule has 0 bridgehead atoms. The molecule has 80 valence electrons. The lowest BCUT2D eigenvalue weighted by Gasteiger charge is -2.01. The van der Waals surface area contributed by atoms with Crippen molar-refractivity contribution in [3.63, 3.8) is 0 Å². The van der Waals surface area contributed by atoms with E-state index in [1.54, 1.807) is 6.20 Å². The van der Waals surface area contributed by atoms with Crippen LogP contribution in [0.25, 0.3) is 11.3 Å². The maximum Gasteiger partial charge on any atom is 0.173 e. The van der Waals surface area contributed by atoms with Gasteiger partial charge in [0.15, 0.2) is 5.78 Å². The minimum absolute atomic E-state index is 0.0903. The van der Waals surface area contributed by atoms with Crippen LogP contribution in [-0.4, -0.2) is 16.1 Å². The van der Waals surface area contributed by atoms with E-state index in [0.717, 1.165) is 16.8 Å². The zero-order valence-electron chi connectivity index (χ0n) is 8.56. The van der Waals surface area contributed by atoms with Gasteiger partial charge in [-0.15, -0.1) is 0 Å². The Morgan fingerprint density at radius 3 is 2.44 bits per heavy atom. The molecule has 0 unspecified atom stereocenters. The van der Waals surface area contributed by atoms with Gasteiger partial charge >= 0.3 is 0 Å². The van der Waals surface area contributed by atoms with Crippen molar-refractivity contribution < 1.29 is 4.79 Å². The third-order valence-electron chi connectivity index (χ3n) is 2.29. The number of hydrogen-bond acceptors (Lipinski definition) is 2. The Hall–Kier alpha value is -1.48. The van der Waals surface area contributed by atoms with Crippen molar-refractivity contribution in [1.82, 2.24) is 4.98 Å². The second-order valence-corrected chi connectivity index (χ2v) is 3.91. The van der Waals surface area contributed by atoms with Crippen molar-refractivity contribution in [3.05, 3.63) is 54.2 Å². The largest absolute Gasteiger partial charge is 0.293 e. The Kier molecular flexibility index (Phi) is 3.47. The van der Waals surface area contributed by atoms with Crippen LogP contribution < -0.4 is 0 Å². The van der Waals surface area contributed by atoms with E-state index in [1.165, 1.54) is 0 Å². The molecule has 3 heteroatoms. The monoisotopic (exact) mass is 275 g/mol. The standard InChI is InChI=1S/C13H10BrNO/c14-9-13(16)11-6-4-10(5-7-11)12-3-1-2-8-15-12/h1-8H,9H2. The molecule has 0 radical (unpaired) electrons. The van der Waals surface area contributed by atoms with Crippen molar-refractivity contribution in [2.45, 2.75) is 0 Å². The molecule has 0 saturated heterocycles.